The third kappa shape index (κ3) is 3.30. The van der Waals surface area contributed by atoms with Gasteiger partial charge >= 0.3 is 5.97 Å². The summed E-state index contributed by atoms with van der Waals surface area (Å²) < 4.78 is 11.3. The number of esters is 1. The van der Waals surface area contributed by atoms with Gasteiger partial charge in [0.05, 0.1) is 17.0 Å². The van der Waals surface area contributed by atoms with E-state index < -0.39 is 5.60 Å². The largest absolute Gasteiger partial charge is 0.487 e. The molecule has 0 aliphatic carbocycles. The number of carbonyl (C=O) groups is 2. The Kier molecular flexibility index (Phi) is 4.18. The van der Waals surface area contributed by atoms with Gasteiger partial charge in [0.1, 0.15) is 18.0 Å². The molecule has 1 amide bonds. The summed E-state index contributed by atoms with van der Waals surface area (Å²) in [6.45, 7) is 3.91. The molecule has 2 aliphatic heterocycles. The molecule has 3 heterocycles. The maximum atomic E-state index is 12.4. The second kappa shape index (κ2) is 6.54. The van der Waals surface area contributed by atoms with Gasteiger partial charge in [-0.05, 0) is 43.7 Å². The van der Waals surface area contributed by atoms with Gasteiger partial charge in [0, 0.05) is 18.5 Å². The molecule has 0 saturated carbocycles. The Morgan fingerprint density at radius 2 is 2.07 bits per heavy atom. The summed E-state index contributed by atoms with van der Waals surface area (Å²) in [5.74, 6) is -0.178. The molecule has 4 rings (SSSR count). The third-order valence-corrected chi connectivity index (χ3v) is 4.81. The van der Waals surface area contributed by atoms with Crippen molar-refractivity contribution in [3.63, 3.8) is 0 Å². The number of rotatable bonds is 4. The van der Waals surface area contributed by atoms with Crippen molar-refractivity contribution in [1.29, 1.82) is 0 Å². The predicted octanol–water partition coefficient (Wildman–Crippen LogP) is 2.85. The molecule has 0 bridgehead atoms. The Hall–Kier alpha value is -3.15. The SMILES string of the molecule is CC1(C)OC(=O)C2=C1NC(=O)C[C@H]2c1cccc(OCc2ccccn2)c1. The number of nitrogens with one attached hydrogen (secondary N) is 1. The molecule has 0 spiro atoms. The lowest BCUT2D eigenvalue weighted by atomic mass is 9.83. The molecule has 1 N–H and O–H groups in total. The van der Waals surface area contributed by atoms with Crippen LogP contribution in [0.1, 0.15) is 37.4 Å². The Bertz CT molecular complexity index is 934. The lowest BCUT2D eigenvalue weighted by molar-refractivity contribution is -0.144. The summed E-state index contributed by atoms with van der Waals surface area (Å²) in [5, 5.41) is 2.82. The Labute approximate surface area is 157 Å². The van der Waals surface area contributed by atoms with E-state index in [1.165, 1.54) is 0 Å². The molecule has 1 aromatic carbocycles. The normalized spacial score (nSPS) is 20.7. The third-order valence-electron chi connectivity index (χ3n) is 4.81. The number of amides is 1. The number of hydrogen-bond donors (Lipinski definition) is 1. The summed E-state index contributed by atoms with van der Waals surface area (Å²) in [5.41, 5.74) is 1.94. The van der Waals surface area contributed by atoms with Gasteiger partial charge in [-0.1, -0.05) is 18.2 Å². The first-order valence-corrected chi connectivity index (χ1v) is 8.84. The second-order valence-electron chi connectivity index (χ2n) is 7.18. The maximum absolute atomic E-state index is 12.4. The Morgan fingerprint density at radius 3 is 2.85 bits per heavy atom. The summed E-state index contributed by atoms with van der Waals surface area (Å²) in [4.78, 5) is 28.9. The van der Waals surface area contributed by atoms with Crippen LogP contribution in [0.25, 0.3) is 0 Å². The molecule has 1 atom stereocenters. The molecule has 0 saturated heterocycles. The number of benzene rings is 1. The fourth-order valence-electron chi connectivity index (χ4n) is 3.52. The molecule has 0 radical (unpaired) electrons. The highest BCUT2D eigenvalue weighted by atomic mass is 16.6. The number of ether oxygens (including phenoxy) is 2. The monoisotopic (exact) mass is 364 g/mol. The van der Waals surface area contributed by atoms with Crippen LogP contribution in [0.4, 0.5) is 0 Å². The summed E-state index contributed by atoms with van der Waals surface area (Å²) in [6, 6.07) is 13.1. The molecule has 138 valence electrons. The van der Waals surface area contributed by atoms with Gasteiger partial charge in [-0.3, -0.25) is 9.78 Å². The standard InChI is InChI=1S/C21H20N2O4/c1-21(2)19-18(20(25)27-21)16(11-17(24)23-19)13-6-5-8-15(10-13)26-12-14-7-3-4-9-22-14/h3-10,16H,11-12H2,1-2H3,(H,23,24)/t16-/m0/s1. The predicted molar refractivity (Wildman–Crippen MR) is 97.7 cm³/mol. The minimum atomic E-state index is -0.826. The fourth-order valence-corrected chi connectivity index (χ4v) is 3.52. The average Bonchev–Trinajstić information content (AvgIpc) is 2.89. The maximum Gasteiger partial charge on any atom is 0.337 e. The van der Waals surface area contributed by atoms with E-state index in [0.717, 1.165) is 11.3 Å². The van der Waals surface area contributed by atoms with Gasteiger partial charge in [-0.2, -0.15) is 0 Å². The van der Waals surface area contributed by atoms with E-state index in [1.54, 1.807) is 20.0 Å². The highest BCUT2D eigenvalue weighted by molar-refractivity contribution is 5.99. The van der Waals surface area contributed by atoms with Crippen LogP contribution in [0, 0.1) is 0 Å². The number of cyclic esters (lactones) is 1. The van der Waals surface area contributed by atoms with Crippen molar-refractivity contribution in [2.75, 3.05) is 0 Å². The van der Waals surface area contributed by atoms with E-state index in [9.17, 15) is 9.59 Å². The van der Waals surface area contributed by atoms with Crippen molar-refractivity contribution in [3.05, 3.63) is 71.2 Å². The first-order chi connectivity index (χ1) is 12.9. The second-order valence-corrected chi connectivity index (χ2v) is 7.18. The van der Waals surface area contributed by atoms with Crippen LogP contribution in [-0.4, -0.2) is 22.5 Å². The van der Waals surface area contributed by atoms with Crippen LogP contribution in [-0.2, 0) is 20.9 Å². The molecular weight excluding hydrogens is 344 g/mol. The van der Waals surface area contributed by atoms with Crippen LogP contribution >= 0.6 is 0 Å². The minimum Gasteiger partial charge on any atom is -0.487 e. The highest BCUT2D eigenvalue weighted by Gasteiger charge is 2.47. The molecule has 2 aromatic rings. The molecule has 0 fully saturated rings. The average molecular weight is 364 g/mol. The lowest BCUT2D eigenvalue weighted by Gasteiger charge is -2.27. The zero-order valence-corrected chi connectivity index (χ0v) is 15.2. The molecule has 2 aliphatic rings. The molecule has 6 nitrogen and oxygen atoms in total. The van der Waals surface area contributed by atoms with Crippen LogP contribution in [0.3, 0.4) is 0 Å². The highest BCUT2D eigenvalue weighted by Crippen LogP contribution is 2.43. The van der Waals surface area contributed by atoms with Gasteiger partial charge in [0.2, 0.25) is 5.91 Å². The Balaban J connectivity index is 1.62. The summed E-state index contributed by atoms with van der Waals surface area (Å²) >= 11 is 0. The van der Waals surface area contributed by atoms with E-state index in [2.05, 4.69) is 10.3 Å². The molecule has 6 heteroatoms. The van der Waals surface area contributed by atoms with Gasteiger partial charge in [-0.25, -0.2) is 4.79 Å². The first kappa shape index (κ1) is 17.3. The number of pyridine rings is 1. The molecule has 0 unspecified atom stereocenters. The van der Waals surface area contributed by atoms with E-state index >= 15 is 0 Å². The number of nitrogens with zero attached hydrogens (tertiary/aromatic N) is 1. The number of hydrogen-bond acceptors (Lipinski definition) is 5. The quantitative estimate of drug-likeness (QED) is 0.844. The van der Waals surface area contributed by atoms with Crippen molar-refractivity contribution >= 4 is 11.9 Å². The van der Waals surface area contributed by atoms with E-state index in [1.807, 2.05) is 42.5 Å². The van der Waals surface area contributed by atoms with Gasteiger partial charge < -0.3 is 14.8 Å². The molecule has 1 aromatic heterocycles. The lowest BCUT2D eigenvalue weighted by Crippen LogP contribution is -2.38. The van der Waals surface area contributed by atoms with Gasteiger partial charge in [-0.15, -0.1) is 0 Å². The van der Waals surface area contributed by atoms with Crippen molar-refractivity contribution in [2.45, 2.75) is 38.4 Å². The van der Waals surface area contributed by atoms with Gasteiger partial charge in [0.25, 0.3) is 0 Å². The van der Waals surface area contributed by atoms with Crippen molar-refractivity contribution in [3.8, 4) is 5.75 Å². The topological polar surface area (TPSA) is 77.5 Å². The zero-order chi connectivity index (χ0) is 19.0. The van der Waals surface area contributed by atoms with Gasteiger partial charge in [0.15, 0.2) is 0 Å². The zero-order valence-electron chi connectivity index (χ0n) is 15.2. The van der Waals surface area contributed by atoms with E-state index in [0.29, 0.717) is 23.6 Å². The smallest absolute Gasteiger partial charge is 0.337 e. The van der Waals surface area contributed by atoms with Crippen molar-refractivity contribution in [1.82, 2.24) is 10.3 Å². The Morgan fingerprint density at radius 1 is 1.22 bits per heavy atom. The van der Waals surface area contributed by atoms with Crippen LogP contribution in [0.15, 0.2) is 59.9 Å². The molecular formula is C21H20N2O4. The summed E-state index contributed by atoms with van der Waals surface area (Å²) in [7, 11) is 0. The fraction of sp³-hybridized carbons (Fsp3) is 0.286. The van der Waals surface area contributed by atoms with Crippen LogP contribution in [0.2, 0.25) is 0 Å². The van der Waals surface area contributed by atoms with Crippen LogP contribution < -0.4 is 10.1 Å². The van der Waals surface area contributed by atoms with Crippen molar-refractivity contribution < 1.29 is 19.1 Å². The first-order valence-electron chi connectivity index (χ1n) is 8.84. The van der Waals surface area contributed by atoms with E-state index in [4.69, 9.17) is 9.47 Å². The minimum absolute atomic E-state index is 0.120. The number of aromatic nitrogens is 1. The van der Waals surface area contributed by atoms with E-state index in [-0.39, 0.29) is 24.2 Å². The summed E-state index contributed by atoms with van der Waals surface area (Å²) in [6.07, 6.45) is 1.92. The molecule has 27 heavy (non-hydrogen) atoms. The number of carbonyl (C=O) groups excluding carboxylic acids is 2. The van der Waals surface area contributed by atoms with Crippen molar-refractivity contribution in [2.24, 2.45) is 0 Å². The van der Waals surface area contributed by atoms with Crippen LogP contribution in [0.5, 0.6) is 5.75 Å².